The Morgan fingerprint density at radius 2 is 1.83 bits per heavy atom. The van der Waals surface area contributed by atoms with Gasteiger partial charge in [-0.05, 0) is 37.8 Å². The predicted octanol–water partition coefficient (Wildman–Crippen LogP) is 2.87. The first-order chi connectivity index (χ1) is 11.1. The van der Waals surface area contributed by atoms with Crippen LogP contribution in [0.15, 0.2) is 24.3 Å². The van der Waals surface area contributed by atoms with Crippen LogP contribution < -0.4 is 5.32 Å². The van der Waals surface area contributed by atoms with Gasteiger partial charge in [-0.1, -0.05) is 24.3 Å². The zero-order valence-electron chi connectivity index (χ0n) is 13.8. The van der Waals surface area contributed by atoms with Crippen molar-refractivity contribution in [1.82, 2.24) is 14.7 Å². The first kappa shape index (κ1) is 14.5. The molecule has 1 amide bonds. The van der Waals surface area contributed by atoms with E-state index in [1.165, 1.54) is 11.1 Å². The lowest BCUT2D eigenvalue weighted by atomic mass is 9.92. The SMILES string of the molecule is Cc1nn(C)c(C)c1NC(=O)CN1C2CCC1c1ccccc12. The second-order valence-electron chi connectivity index (χ2n) is 6.63. The summed E-state index contributed by atoms with van der Waals surface area (Å²) in [7, 11) is 1.90. The van der Waals surface area contributed by atoms with Crippen LogP contribution in [0.25, 0.3) is 0 Å². The Bertz CT molecular complexity index is 748. The predicted molar refractivity (Wildman–Crippen MR) is 89.2 cm³/mol. The number of anilines is 1. The summed E-state index contributed by atoms with van der Waals surface area (Å²) in [6, 6.07) is 9.41. The molecule has 1 aromatic carbocycles. The molecule has 1 aromatic heterocycles. The van der Waals surface area contributed by atoms with Crippen molar-refractivity contribution in [2.45, 2.75) is 38.8 Å². The van der Waals surface area contributed by atoms with Crippen LogP contribution in [0.1, 0.15) is 47.4 Å². The molecule has 120 valence electrons. The fraction of sp³-hybridized carbons (Fsp3) is 0.444. The van der Waals surface area contributed by atoms with Gasteiger partial charge in [-0.25, -0.2) is 0 Å². The maximum atomic E-state index is 12.6. The molecule has 5 heteroatoms. The molecule has 2 aliphatic rings. The molecule has 1 fully saturated rings. The van der Waals surface area contributed by atoms with Gasteiger partial charge in [0.05, 0.1) is 23.6 Å². The second-order valence-corrected chi connectivity index (χ2v) is 6.63. The van der Waals surface area contributed by atoms with E-state index in [1.54, 1.807) is 4.68 Å². The van der Waals surface area contributed by atoms with E-state index in [-0.39, 0.29) is 5.91 Å². The van der Waals surface area contributed by atoms with Gasteiger partial charge in [0, 0.05) is 19.1 Å². The summed E-state index contributed by atoms with van der Waals surface area (Å²) < 4.78 is 1.81. The van der Waals surface area contributed by atoms with Crippen LogP contribution in [-0.4, -0.2) is 27.1 Å². The number of aromatic nitrogens is 2. The van der Waals surface area contributed by atoms with Crippen molar-refractivity contribution in [3.05, 3.63) is 46.8 Å². The Morgan fingerprint density at radius 1 is 1.22 bits per heavy atom. The highest BCUT2D eigenvalue weighted by atomic mass is 16.2. The minimum absolute atomic E-state index is 0.0499. The van der Waals surface area contributed by atoms with Crippen LogP contribution in [0.5, 0.6) is 0 Å². The number of hydrogen-bond acceptors (Lipinski definition) is 3. The second kappa shape index (κ2) is 5.20. The largest absolute Gasteiger partial charge is 0.322 e. The fourth-order valence-electron chi connectivity index (χ4n) is 4.17. The first-order valence-electron chi connectivity index (χ1n) is 8.21. The third kappa shape index (κ3) is 2.18. The molecule has 2 atom stereocenters. The number of carbonyl (C=O) groups is 1. The van der Waals surface area contributed by atoms with E-state index < -0.39 is 0 Å². The van der Waals surface area contributed by atoms with Crippen molar-refractivity contribution in [2.75, 3.05) is 11.9 Å². The highest BCUT2D eigenvalue weighted by Gasteiger charge is 2.44. The van der Waals surface area contributed by atoms with Crippen LogP contribution in [-0.2, 0) is 11.8 Å². The Hall–Kier alpha value is -2.14. The van der Waals surface area contributed by atoms with E-state index in [2.05, 4.69) is 39.6 Å². The van der Waals surface area contributed by atoms with Crippen LogP contribution in [0.2, 0.25) is 0 Å². The molecular weight excluding hydrogens is 288 g/mol. The molecule has 2 aromatic rings. The molecule has 4 rings (SSSR count). The lowest BCUT2D eigenvalue weighted by Crippen LogP contribution is -2.31. The Labute approximate surface area is 136 Å². The number of rotatable bonds is 3. The molecule has 2 aliphatic heterocycles. The van der Waals surface area contributed by atoms with Crippen molar-refractivity contribution in [3.8, 4) is 0 Å². The molecule has 1 N–H and O–H groups in total. The molecule has 2 bridgehead atoms. The fourth-order valence-corrected chi connectivity index (χ4v) is 4.17. The maximum absolute atomic E-state index is 12.6. The average molecular weight is 310 g/mol. The average Bonchev–Trinajstić information content (AvgIpc) is 3.14. The zero-order chi connectivity index (χ0) is 16.1. The minimum atomic E-state index is 0.0499. The summed E-state index contributed by atoms with van der Waals surface area (Å²) in [5.41, 5.74) is 5.52. The number of amides is 1. The number of nitrogens with one attached hydrogen (secondary N) is 1. The monoisotopic (exact) mass is 310 g/mol. The van der Waals surface area contributed by atoms with Crippen LogP contribution in [0, 0.1) is 13.8 Å². The van der Waals surface area contributed by atoms with Gasteiger partial charge >= 0.3 is 0 Å². The van der Waals surface area contributed by atoms with Crippen LogP contribution in [0.3, 0.4) is 0 Å². The quantitative estimate of drug-likeness (QED) is 0.948. The summed E-state index contributed by atoms with van der Waals surface area (Å²) in [5, 5.41) is 7.42. The standard InChI is InChI=1S/C18H22N4O/c1-11-18(12(2)21(3)20-11)19-17(23)10-22-15-8-9-16(22)14-7-5-4-6-13(14)15/h4-7,15-16H,8-10H2,1-3H3,(H,19,23). The number of nitrogens with zero attached hydrogens (tertiary/aromatic N) is 3. The number of hydrogen-bond donors (Lipinski definition) is 1. The van der Waals surface area contributed by atoms with Crippen molar-refractivity contribution in [1.29, 1.82) is 0 Å². The van der Waals surface area contributed by atoms with Gasteiger partial charge in [0.15, 0.2) is 0 Å². The van der Waals surface area contributed by atoms with Gasteiger partial charge in [-0.15, -0.1) is 0 Å². The summed E-state index contributed by atoms with van der Waals surface area (Å²) >= 11 is 0. The molecule has 5 nitrogen and oxygen atoms in total. The van der Waals surface area contributed by atoms with E-state index >= 15 is 0 Å². The highest BCUT2D eigenvalue weighted by Crippen LogP contribution is 2.52. The van der Waals surface area contributed by atoms with Crippen LogP contribution in [0.4, 0.5) is 5.69 Å². The van der Waals surface area contributed by atoms with E-state index in [1.807, 2.05) is 20.9 Å². The summed E-state index contributed by atoms with van der Waals surface area (Å²) in [5.74, 6) is 0.0499. The number of carbonyl (C=O) groups excluding carboxylic acids is 1. The molecular formula is C18H22N4O. The molecule has 2 unspecified atom stereocenters. The van der Waals surface area contributed by atoms with Gasteiger partial charge in [0.2, 0.25) is 5.91 Å². The van der Waals surface area contributed by atoms with E-state index in [4.69, 9.17) is 0 Å². The summed E-state index contributed by atoms with van der Waals surface area (Å²) in [6.07, 6.45) is 2.31. The van der Waals surface area contributed by atoms with Crippen LogP contribution >= 0.6 is 0 Å². The molecule has 1 saturated heterocycles. The minimum Gasteiger partial charge on any atom is -0.322 e. The maximum Gasteiger partial charge on any atom is 0.238 e. The molecule has 3 heterocycles. The molecule has 0 aliphatic carbocycles. The normalized spacial score (nSPS) is 22.4. The number of aryl methyl sites for hydroxylation is 2. The number of fused-ring (bicyclic) bond motifs is 5. The van der Waals surface area contributed by atoms with Crippen molar-refractivity contribution >= 4 is 11.6 Å². The summed E-state index contributed by atoms with van der Waals surface area (Å²) in [4.78, 5) is 14.9. The Morgan fingerprint density at radius 3 is 2.35 bits per heavy atom. The van der Waals surface area contributed by atoms with Gasteiger partial charge < -0.3 is 5.32 Å². The topological polar surface area (TPSA) is 50.2 Å². The highest BCUT2D eigenvalue weighted by molar-refractivity contribution is 5.93. The first-order valence-corrected chi connectivity index (χ1v) is 8.21. The third-order valence-corrected chi connectivity index (χ3v) is 5.33. The van der Waals surface area contributed by atoms with E-state index in [0.29, 0.717) is 18.6 Å². The Balaban J connectivity index is 1.51. The van der Waals surface area contributed by atoms with Gasteiger partial charge in [-0.2, -0.15) is 5.10 Å². The third-order valence-electron chi connectivity index (χ3n) is 5.33. The van der Waals surface area contributed by atoms with E-state index in [9.17, 15) is 4.79 Å². The van der Waals surface area contributed by atoms with Gasteiger partial charge in [0.25, 0.3) is 0 Å². The zero-order valence-corrected chi connectivity index (χ0v) is 13.8. The molecule has 23 heavy (non-hydrogen) atoms. The van der Waals surface area contributed by atoms with Crippen molar-refractivity contribution < 1.29 is 4.79 Å². The molecule has 0 saturated carbocycles. The summed E-state index contributed by atoms with van der Waals surface area (Å²) in [6.45, 7) is 4.35. The van der Waals surface area contributed by atoms with Crippen molar-refractivity contribution in [2.24, 2.45) is 7.05 Å². The van der Waals surface area contributed by atoms with E-state index in [0.717, 1.165) is 29.9 Å². The lowest BCUT2D eigenvalue weighted by molar-refractivity contribution is -0.117. The van der Waals surface area contributed by atoms with Gasteiger partial charge in [-0.3, -0.25) is 14.4 Å². The number of benzene rings is 1. The lowest BCUT2D eigenvalue weighted by Gasteiger charge is -2.21. The van der Waals surface area contributed by atoms with Crippen molar-refractivity contribution in [3.63, 3.8) is 0 Å². The van der Waals surface area contributed by atoms with Gasteiger partial charge in [0.1, 0.15) is 0 Å². The molecule has 0 spiro atoms. The smallest absolute Gasteiger partial charge is 0.238 e. The molecule has 0 radical (unpaired) electrons. The Kier molecular flexibility index (Phi) is 3.27.